The molecule has 1 N–H and O–H groups in total. The van der Waals surface area contributed by atoms with Gasteiger partial charge >= 0.3 is 6.18 Å². The molecule has 1 fully saturated rings. The molecule has 16 heavy (non-hydrogen) atoms. The van der Waals surface area contributed by atoms with Crippen molar-refractivity contribution in [1.82, 2.24) is 0 Å². The molecule has 1 heterocycles. The van der Waals surface area contributed by atoms with Crippen LogP contribution in [-0.2, 0) is 0 Å². The summed E-state index contributed by atoms with van der Waals surface area (Å²) in [5, 5.41) is 6.73. The van der Waals surface area contributed by atoms with Crippen LogP contribution in [0.25, 0.3) is 0 Å². The number of hydrogen-bond donors (Lipinski definition) is 1. The Morgan fingerprint density at radius 1 is 1.25 bits per heavy atom. The van der Waals surface area contributed by atoms with Crippen LogP contribution >= 0.6 is 11.3 Å². The molecule has 1 saturated carbocycles. The molecule has 5 heteroatoms. The Hall–Kier alpha value is -0.710. The molecule has 90 valence electrons. The number of anilines is 1. The largest absolute Gasteiger partial charge is 0.393 e. The lowest BCUT2D eigenvalue weighted by Gasteiger charge is -2.33. The molecule has 1 aliphatic carbocycles. The Balaban J connectivity index is 2.05. The van der Waals surface area contributed by atoms with Crippen LogP contribution in [0.15, 0.2) is 16.8 Å². The first-order chi connectivity index (χ1) is 7.57. The fourth-order valence-corrected chi connectivity index (χ4v) is 2.85. The third-order valence-electron chi connectivity index (χ3n) is 3.06. The van der Waals surface area contributed by atoms with E-state index in [0.29, 0.717) is 12.8 Å². The van der Waals surface area contributed by atoms with Gasteiger partial charge in [0.2, 0.25) is 0 Å². The van der Waals surface area contributed by atoms with Crippen molar-refractivity contribution in [3.8, 4) is 0 Å². The van der Waals surface area contributed by atoms with Gasteiger partial charge in [-0.3, -0.25) is 0 Å². The van der Waals surface area contributed by atoms with Crippen molar-refractivity contribution in [1.29, 1.82) is 0 Å². The predicted molar refractivity (Wildman–Crippen MR) is 59.7 cm³/mol. The van der Waals surface area contributed by atoms with Crippen LogP contribution in [-0.4, -0.2) is 12.2 Å². The van der Waals surface area contributed by atoms with E-state index in [-0.39, 0.29) is 6.42 Å². The van der Waals surface area contributed by atoms with Crippen LogP contribution in [0.5, 0.6) is 0 Å². The lowest BCUT2D eigenvalue weighted by molar-refractivity contribution is -0.184. The van der Waals surface area contributed by atoms with Gasteiger partial charge in [-0.2, -0.15) is 24.5 Å². The normalized spacial score (nSPS) is 26.7. The zero-order valence-corrected chi connectivity index (χ0v) is 9.57. The highest BCUT2D eigenvalue weighted by Crippen LogP contribution is 2.39. The van der Waals surface area contributed by atoms with Crippen LogP contribution < -0.4 is 5.32 Å². The van der Waals surface area contributed by atoms with E-state index in [1.165, 1.54) is 11.3 Å². The second-order valence-electron chi connectivity index (χ2n) is 4.20. The molecule has 1 aromatic rings. The SMILES string of the molecule is FC(F)(F)C1CCCCC1Nc1ccsc1. The molecule has 1 nitrogen and oxygen atoms in total. The lowest BCUT2D eigenvalue weighted by Crippen LogP contribution is -2.41. The Morgan fingerprint density at radius 3 is 2.62 bits per heavy atom. The molecule has 0 spiro atoms. The second kappa shape index (κ2) is 4.65. The summed E-state index contributed by atoms with van der Waals surface area (Å²) in [5.74, 6) is -1.19. The van der Waals surface area contributed by atoms with Crippen LogP contribution in [0.4, 0.5) is 18.9 Å². The summed E-state index contributed by atoms with van der Waals surface area (Å²) >= 11 is 1.49. The van der Waals surface area contributed by atoms with Crippen molar-refractivity contribution in [2.24, 2.45) is 5.92 Å². The maximum absolute atomic E-state index is 12.8. The topological polar surface area (TPSA) is 12.0 Å². The fraction of sp³-hybridized carbons (Fsp3) is 0.636. The van der Waals surface area contributed by atoms with Gasteiger partial charge in [-0.15, -0.1) is 0 Å². The average molecular weight is 249 g/mol. The van der Waals surface area contributed by atoms with E-state index in [4.69, 9.17) is 0 Å². The number of hydrogen-bond acceptors (Lipinski definition) is 2. The zero-order valence-electron chi connectivity index (χ0n) is 8.76. The molecule has 0 aromatic carbocycles. The van der Waals surface area contributed by atoms with Crippen molar-refractivity contribution >= 4 is 17.0 Å². The summed E-state index contributed by atoms with van der Waals surface area (Å²) in [6, 6.07) is 1.37. The molecule has 0 bridgehead atoms. The number of nitrogens with one attached hydrogen (secondary N) is 1. The summed E-state index contributed by atoms with van der Waals surface area (Å²) in [6.45, 7) is 0. The Bertz CT molecular complexity index is 320. The Morgan fingerprint density at radius 2 is 2.00 bits per heavy atom. The molecule has 0 amide bonds. The third kappa shape index (κ3) is 2.70. The molecule has 2 atom stereocenters. The van der Waals surface area contributed by atoms with Crippen molar-refractivity contribution in [2.45, 2.75) is 37.9 Å². The van der Waals surface area contributed by atoms with Crippen molar-refractivity contribution in [2.75, 3.05) is 5.32 Å². The molecular formula is C11H14F3NS. The van der Waals surface area contributed by atoms with E-state index in [1.54, 1.807) is 0 Å². The first kappa shape index (κ1) is 11.8. The Labute approximate surface area is 96.7 Å². The predicted octanol–water partition coefficient (Wildman–Crippen LogP) is 4.28. The highest BCUT2D eigenvalue weighted by Gasteiger charge is 2.45. The smallest absolute Gasteiger partial charge is 0.381 e. The monoisotopic (exact) mass is 249 g/mol. The minimum atomic E-state index is -4.08. The highest BCUT2D eigenvalue weighted by molar-refractivity contribution is 7.08. The summed E-state index contributed by atoms with van der Waals surface area (Å²) < 4.78 is 38.3. The van der Waals surface area contributed by atoms with E-state index >= 15 is 0 Å². The van der Waals surface area contributed by atoms with Gasteiger partial charge in [0.15, 0.2) is 0 Å². The van der Waals surface area contributed by atoms with Crippen LogP contribution in [0, 0.1) is 5.92 Å². The van der Waals surface area contributed by atoms with E-state index in [1.807, 2.05) is 16.8 Å². The van der Waals surface area contributed by atoms with Gasteiger partial charge in [-0.25, -0.2) is 0 Å². The van der Waals surface area contributed by atoms with E-state index in [9.17, 15) is 13.2 Å². The van der Waals surface area contributed by atoms with Gasteiger partial charge in [0, 0.05) is 17.1 Å². The van der Waals surface area contributed by atoms with Crippen LogP contribution in [0.1, 0.15) is 25.7 Å². The van der Waals surface area contributed by atoms with E-state index in [0.717, 1.165) is 12.1 Å². The van der Waals surface area contributed by atoms with Crippen LogP contribution in [0.3, 0.4) is 0 Å². The summed E-state index contributed by atoms with van der Waals surface area (Å²) in [7, 11) is 0. The van der Waals surface area contributed by atoms with Gasteiger partial charge in [-0.05, 0) is 24.3 Å². The number of halogens is 3. The molecule has 2 rings (SSSR count). The maximum Gasteiger partial charge on any atom is 0.393 e. The maximum atomic E-state index is 12.8. The minimum absolute atomic E-state index is 0.255. The number of thiophene rings is 1. The zero-order chi connectivity index (χ0) is 11.6. The molecule has 1 aromatic heterocycles. The third-order valence-corrected chi connectivity index (χ3v) is 3.74. The minimum Gasteiger partial charge on any atom is -0.381 e. The molecule has 1 aliphatic rings. The molecule has 2 unspecified atom stereocenters. The molecule has 0 radical (unpaired) electrons. The standard InChI is InChI=1S/C11H14F3NS/c12-11(13,14)9-3-1-2-4-10(9)15-8-5-6-16-7-8/h5-7,9-10,15H,1-4H2. The first-order valence-corrected chi connectivity index (χ1v) is 6.37. The molecule has 0 saturated heterocycles. The van der Waals surface area contributed by atoms with Gasteiger partial charge in [0.1, 0.15) is 0 Å². The van der Waals surface area contributed by atoms with Gasteiger partial charge in [-0.1, -0.05) is 12.8 Å². The quantitative estimate of drug-likeness (QED) is 0.824. The number of alkyl halides is 3. The molecule has 0 aliphatic heterocycles. The van der Waals surface area contributed by atoms with Crippen molar-refractivity contribution in [3.63, 3.8) is 0 Å². The summed E-state index contributed by atoms with van der Waals surface area (Å²) in [5.41, 5.74) is 0.811. The number of rotatable bonds is 2. The van der Waals surface area contributed by atoms with Crippen molar-refractivity contribution in [3.05, 3.63) is 16.8 Å². The van der Waals surface area contributed by atoms with Gasteiger partial charge in [0.25, 0.3) is 0 Å². The Kier molecular flexibility index (Phi) is 3.42. The van der Waals surface area contributed by atoms with E-state index < -0.39 is 18.1 Å². The summed E-state index contributed by atoms with van der Waals surface area (Å²) in [4.78, 5) is 0. The average Bonchev–Trinajstić information content (AvgIpc) is 2.70. The van der Waals surface area contributed by atoms with Crippen molar-refractivity contribution < 1.29 is 13.2 Å². The second-order valence-corrected chi connectivity index (χ2v) is 4.98. The van der Waals surface area contributed by atoms with E-state index in [2.05, 4.69) is 5.32 Å². The fourth-order valence-electron chi connectivity index (χ4n) is 2.26. The molecular weight excluding hydrogens is 235 g/mol. The summed E-state index contributed by atoms with van der Waals surface area (Å²) in [6.07, 6.45) is -1.64. The lowest BCUT2D eigenvalue weighted by atomic mass is 9.84. The van der Waals surface area contributed by atoms with Crippen LogP contribution in [0.2, 0.25) is 0 Å². The highest BCUT2D eigenvalue weighted by atomic mass is 32.1. The van der Waals surface area contributed by atoms with Gasteiger partial charge < -0.3 is 5.32 Å². The van der Waals surface area contributed by atoms with Gasteiger partial charge in [0.05, 0.1) is 5.92 Å². The first-order valence-electron chi connectivity index (χ1n) is 5.43.